The average molecular weight is 383 g/mol. The van der Waals surface area contributed by atoms with E-state index in [0.29, 0.717) is 36.0 Å². The van der Waals surface area contributed by atoms with Gasteiger partial charge in [-0.15, -0.1) is 0 Å². The van der Waals surface area contributed by atoms with E-state index < -0.39 is 6.04 Å². The maximum atomic E-state index is 13.0. The van der Waals surface area contributed by atoms with Gasteiger partial charge in [-0.2, -0.15) is 0 Å². The Hall–Kier alpha value is -3.22. The normalized spacial score (nSPS) is 16.7. The monoisotopic (exact) mass is 383 g/mol. The molecule has 0 aliphatic carbocycles. The molecule has 1 aliphatic heterocycles. The van der Waals surface area contributed by atoms with Crippen molar-refractivity contribution in [1.29, 1.82) is 0 Å². The summed E-state index contributed by atoms with van der Waals surface area (Å²) in [5, 5.41) is 2.86. The first kappa shape index (κ1) is 19.5. The van der Waals surface area contributed by atoms with Gasteiger partial charge in [0.15, 0.2) is 0 Å². The highest BCUT2D eigenvalue weighted by Crippen LogP contribution is 2.34. The van der Waals surface area contributed by atoms with E-state index in [2.05, 4.69) is 5.32 Å². The molecule has 1 atom stereocenters. The molecule has 0 bridgehead atoms. The predicted octanol–water partition coefficient (Wildman–Crippen LogP) is 3.28. The van der Waals surface area contributed by atoms with Gasteiger partial charge in [0.25, 0.3) is 0 Å². The number of nitrogens with zero attached hydrogens (tertiary/aromatic N) is 2. The van der Waals surface area contributed by atoms with Crippen molar-refractivity contribution >= 4 is 23.3 Å². The van der Waals surface area contributed by atoms with E-state index in [-0.39, 0.29) is 11.9 Å². The number of hydrogen-bond acceptors (Lipinski definition) is 4. The molecule has 148 valence electrons. The fraction of sp³-hybridized carbons (Fsp3) is 0.333. The Balaban J connectivity index is 1.76. The van der Waals surface area contributed by atoms with Crippen molar-refractivity contribution in [2.45, 2.75) is 19.9 Å². The van der Waals surface area contributed by atoms with Crippen molar-refractivity contribution in [1.82, 2.24) is 4.90 Å². The molecule has 1 fully saturated rings. The van der Waals surface area contributed by atoms with Gasteiger partial charge in [0.2, 0.25) is 5.91 Å². The number of piperazine rings is 1. The van der Waals surface area contributed by atoms with Gasteiger partial charge in [-0.05, 0) is 38.1 Å². The van der Waals surface area contributed by atoms with Crippen LogP contribution in [0, 0.1) is 6.92 Å². The van der Waals surface area contributed by atoms with Crippen LogP contribution in [0.15, 0.2) is 42.5 Å². The molecule has 0 saturated carbocycles. The Bertz CT molecular complexity index is 866. The molecule has 1 aliphatic rings. The standard InChI is InChI=1S/C21H25N3O4/c1-14-5-7-16(8-6-14)22-21(26)23-11-12-24(20(25)15(23)2)18-13-17(27-3)9-10-19(18)28-4/h5-10,13,15H,11-12H2,1-4H3,(H,22,26). The molecule has 3 amide bonds. The lowest BCUT2D eigenvalue weighted by molar-refractivity contribution is -0.123. The van der Waals surface area contributed by atoms with Crippen LogP contribution >= 0.6 is 0 Å². The number of amides is 3. The quantitative estimate of drug-likeness (QED) is 0.880. The highest BCUT2D eigenvalue weighted by atomic mass is 16.5. The topological polar surface area (TPSA) is 71.1 Å². The van der Waals surface area contributed by atoms with Gasteiger partial charge in [0, 0.05) is 24.8 Å². The fourth-order valence-corrected chi connectivity index (χ4v) is 3.23. The molecule has 7 heteroatoms. The van der Waals surface area contributed by atoms with Crippen LogP contribution in [0.25, 0.3) is 0 Å². The summed E-state index contributed by atoms with van der Waals surface area (Å²) in [7, 11) is 3.13. The Morgan fingerprint density at radius 1 is 1.07 bits per heavy atom. The molecule has 0 radical (unpaired) electrons. The minimum Gasteiger partial charge on any atom is -0.497 e. The summed E-state index contributed by atoms with van der Waals surface area (Å²) in [5.74, 6) is 1.05. The maximum absolute atomic E-state index is 13.0. The summed E-state index contributed by atoms with van der Waals surface area (Å²) in [5.41, 5.74) is 2.45. The third kappa shape index (κ3) is 3.88. The zero-order chi connectivity index (χ0) is 20.3. The summed E-state index contributed by atoms with van der Waals surface area (Å²) in [4.78, 5) is 28.9. The number of carbonyl (C=O) groups excluding carboxylic acids is 2. The van der Waals surface area contributed by atoms with E-state index in [1.54, 1.807) is 49.1 Å². The second-order valence-electron chi connectivity index (χ2n) is 6.69. The van der Waals surface area contributed by atoms with Gasteiger partial charge < -0.3 is 24.6 Å². The first-order valence-electron chi connectivity index (χ1n) is 9.12. The van der Waals surface area contributed by atoms with Gasteiger partial charge in [-0.3, -0.25) is 4.79 Å². The Labute approximate surface area is 164 Å². The molecule has 1 heterocycles. The van der Waals surface area contributed by atoms with E-state index in [1.807, 2.05) is 31.2 Å². The number of hydrogen-bond donors (Lipinski definition) is 1. The SMILES string of the molecule is COc1ccc(OC)c(N2CCN(C(=O)Nc3ccc(C)cc3)C(C)C2=O)c1. The van der Waals surface area contributed by atoms with Gasteiger partial charge in [0.05, 0.1) is 19.9 Å². The molecule has 1 N–H and O–H groups in total. The van der Waals surface area contributed by atoms with E-state index >= 15 is 0 Å². The van der Waals surface area contributed by atoms with Crippen LogP contribution in [0.5, 0.6) is 11.5 Å². The molecule has 1 saturated heterocycles. The van der Waals surface area contributed by atoms with Crippen LogP contribution in [0.3, 0.4) is 0 Å². The van der Waals surface area contributed by atoms with Crippen LogP contribution in [0.4, 0.5) is 16.2 Å². The highest BCUT2D eigenvalue weighted by molar-refractivity contribution is 6.02. The summed E-state index contributed by atoms with van der Waals surface area (Å²) >= 11 is 0. The minimum absolute atomic E-state index is 0.170. The van der Waals surface area contributed by atoms with Crippen LogP contribution in [-0.2, 0) is 4.79 Å². The lowest BCUT2D eigenvalue weighted by Gasteiger charge is -2.39. The second kappa shape index (κ2) is 8.21. The third-order valence-corrected chi connectivity index (χ3v) is 4.90. The third-order valence-electron chi connectivity index (χ3n) is 4.90. The first-order chi connectivity index (χ1) is 13.4. The molecule has 3 rings (SSSR count). The number of nitrogens with one attached hydrogen (secondary N) is 1. The highest BCUT2D eigenvalue weighted by Gasteiger charge is 2.36. The van der Waals surface area contributed by atoms with Crippen LogP contribution in [-0.4, -0.2) is 50.2 Å². The number of rotatable bonds is 4. The zero-order valence-corrected chi connectivity index (χ0v) is 16.6. The molecule has 0 spiro atoms. The van der Waals surface area contributed by atoms with Crippen molar-refractivity contribution < 1.29 is 19.1 Å². The number of aryl methyl sites for hydroxylation is 1. The number of anilines is 2. The fourth-order valence-electron chi connectivity index (χ4n) is 3.23. The summed E-state index contributed by atoms with van der Waals surface area (Å²) in [6, 6.07) is 12.0. The Morgan fingerprint density at radius 2 is 1.79 bits per heavy atom. The molecule has 2 aromatic rings. The van der Waals surface area contributed by atoms with Crippen LogP contribution in [0.1, 0.15) is 12.5 Å². The first-order valence-corrected chi connectivity index (χ1v) is 9.12. The Kier molecular flexibility index (Phi) is 5.73. The second-order valence-corrected chi connectivity index (χ2v) is 6.69. The predicted molar refractivity (Wildman–Crippen MR) is 108 cm³/mol. The number of benzene rings is 2. The van der Waals surface area contributed by atoms with Gasteiger partial charge in [-0.1, -0.05) is 17.7 Å². The molecule has 7 nitrogen and oxygen atoms in total. The molecule has 1 unspecified atom stereocenters. The van der Waals surface area contributed by atoms with Crippen LogP contribution in [0.2, 0.25) is 0 Å². The lowest BCUT2D eigenvalue weighted by Crippen LogP contribution is -2.58. The van der Waals surface area contributed by atoms with Crippen molar-refractivity contribution in [2.75, 3.05) is 37.5 Å². The zero-order valence-electron chi connectivity index (χ0n) is 16.6. The van der Waals surface area contributed by atoms with Crippen molar-refractivity contribution in [2.24, 2.45) is 0 Å². The molecular formula is C21H25N3O4. The van der Waals surface area contributed by atoms with E-state index in [9.17, 15) is 9.59 Å². The number of urea groups is 1. The van der Waals surface area contributed by atoms with E-state index in [1.165, 1.54) is 0 Å². The van der Waals surface area contributed by atoms with Gasteiger partial charge in [-0.25, -0.2) is 4.79 Å². The van der Waals surface area contributed by atoms with E-state index in [0.717, 1.165) is 5.56 Å². The summed E-state index contributed by atoms with van der Waals surface area (Å²) in [6.07, 6.45) is 0. The van der Waals surface area contributed by atoms with Gasteiger partial charge in [0.1, 0.15) is 17.5 Å². The number of carbonyl (C=O) groups is 2. The van der Waals surface area contributed by atoms with Crippen LogP contribution < -0.4 is 19.7 Å². The minimum atomic E-state index is -0.602. The van der Waals surface area contributed by atoms with Crippen molar-refractivity contribution in [3.8, 4) is 11.5 Å². The van der Waals surface area contributed by atoms with Gasteiger partial charge >= 0.3 is 6.03 Å². The molecular weight excluding hydrogens is 358 g/mol. The molecule has 2 aromatic carbocycles. The number of methoxy groups -OCH3 is 2. The maximum Gasteiger partial charge on any atom is 0.322 e. The average Bonchev–Trinajstić information content (AvgIpc) is 2.71. The van der Waals surface area contributed by atoms with E-state index in [4.69, 9.17) is 9.47 Å². The molecule has 28 heavy (non-hydrogen) atoms. The van der Waals surface area contributed by atoms with Crippen molar-refractivity contribution in [3.63, 3.8) is 0 Å². The Morgan fingerprint density at radius 3 is 2.43 bits per heavy atom. The largest absolute Gasteiger partial charge is 0.497 e. The lowest BCUT2D eigenvalue weighted by atomic mass is 10.1. The summed E-state index contributed by atoms with van der Waals surface area (Å²) < 4.78 is 10.7. The number of ether oxygens (including phenoxy) is 2. The molecule has 0 aromatic heterocycles. The van der Waals surface area contributed by atoms with Crippen molar-refractivity contribution in [3.05, 3.63) is 48.0 Å². The smallest absolute Gasteiger partial charge is 0.322 e. The summed E-state index contributed by atoms with van der Waals surface area (Å²) in [6.45, 7) is 4.49.